The number of nitrogens with zero attached hydrogens (tertiary/aromatic N) is 2. The van der Waals surface area contributed by atoms with Crippen LogP contribution in [0.3, 0.4) is 0 Å². The molecular weight excluding hydrogens is 360 g/mol. The molecule has 148 valence electrons. The van der Waals surface area contributed by atoms with Gasteiger partial charge in [0.25, 0.3) is 0 Å². The van der Waals surface area contributed by atoms with Gasteiger partial charge in [-0.3, -0.25) is 14.8 Å². The van der Waals surface area contributed by atoms with E-state index >= 15 is 0 Å². The second-order valence-corrected chi connectivity index (χ2v) is 7.04. The van der Waals surface area contributed by atoms with Crippen molar-refractivity contribution in [1.82, 2.24) is 9.97 Å². The number of aromatic nitrogens is 2. The number of carbonyl (C=O) groups is 1. The summed E-state index contributed by atoms with van der Waals surface area (Å²) in [6, 6.07) is 16.1. The number of ketones is 1. The van der Waals surface area contributed by atoms with Crippen LogP contribution in [-0.2, 0) is 11.2 Å². The molecule has 0 spiro atoms. The maximum Gasteiger partial charge on any atom is 0.197 e. The molecule has 0 N–H and O–H groups in total. The van der Waals surface area contributed by atoms with Crippen LogP contribution in [0, 0.1) is 6.92 Å². The third kappa shape index (κ3) is 6.11. The molecule has 0 aliphatic carbocycles. The SMILES string of the molecule is C=C(Oc1cc(-c2ccncc2)cnc1C)C(=O)CCCCCc1ccccc1. The van der Waals surface area contributed by atoms with Crippen LogP contribution in [0.2, 0.25) is 0 Å². The molecule has 0 fully saturated rings. The number of hydrogen-bond donors (Lipinski definition) is 0. The molecule has 3 aromatic rings. The molecule has 0 aliphatic rings. The molecule has 29 heavy (non-hydrogen) atoms. The fraction of sp³-hybridized carbons (Fsp3) is 0.240. The summed E-state index contributed by atoms with van der Waals surface area (Å²) >= 11 is 0. The van der Waals surface area contributed by atoms with Crippen molar-refractivity contribution < 1.29 is 9.53 Å². The van der Waals surface area contributed by atoms with Crippen molar-refractivity contribution in [2.75, 3.05) is 0 Å². The Hall–Kier alpha value is -3.27. The normalized spacial score (nSPS) is 10.5. The number of ether oxygens (including phenoxy) is 1. The lowest BCUT2D eigenvalue weighted by Gasteiger charge is -2.11. The van der Waals surface area contributed by atoms with Crippen molar-refractivity contribution >= 4 is 5.78 Å². The Balaban J connectivity index is 1.48. The number of benzene rings is 1. The maximum absolute atomic E-state index is 12.4. The molecule has 3 rings (SSSR count). The van der Waals surface area contributed by atoms with Gasteiger partial charge in [-0.25, -0.2) is 0 Å². The van der Waals surface area contributed by atoms with Crippen LogP contribution < -0.4 is 4.74 Å². The predicted molar refractivity (Wildman–Crippen MR) is 116 cm³/mol. The van der Waals surface area contributed by atoms with E-state index in [9.17, 15) is 4.79 Å². The topological polar surface area (TPSA) is 52.1 Å². The second-order valence-electron chi connectivity index (χ2n) is 7.04. The highest BCUT2D eigenvalue weighted by atomic mass is 16.5. The number of carbonyl (C=O) groups excluding carboxylic acids is 1. The van der Waals surface area contributed by atoms with Crippen LogP contribution >= 0.6 is 0 Å². The molecule has 0 aliphatic heterocycles. The summed E-state index contributed by atoms with van der Waals surface area (Å²) in [5, 5.41) is 0. The molecule has 2 aromatic heterocycles. The van der Waals surface area contributed by atoms with Crippen molar-refractivity contribution in [2.24, 2.45) is 0 Å². The molecule has 4 heteroatoms. The van der Waals surface area contributed by atoms with Gasteiger partial charge in [0.2, 0.25) is 0 Å². The maximum atomic E-state index is 12.4. The third-order valence-electron chi connectivity index (χ3n) is 4.81. The van der Waals surface area contributed by atoms with Crippen molar-refractivity contribution in [3.8, 4) is 16.9 Å². The molecule has 0 saturated carbocycles. The number of hydrogen-bond acceptors (Lipinski definition) is 4. The van der Waals surface area contributed by atoms with Crippen molar-refractivity contribution in [2.45, 2.75) is 39.0 Å². The third-order valence-corrected chi connectivity index (χ3v) is 4.81. The lowest BCUT2D eigenvalue weighted by molar-refractivity contribution is -0.117. The summed E-state index contributed by atoms with van der Waals surface area (Å²) in [4.78, 5) is 20.8. The zero-order valence-corrected chi connectivity index (χ0v) is 16.8. The highest BCUT2D eigenvalue weighted by Gasteiger charge is 2.12. The molecule has 4 nitrogen and oxygen atoms in total. The van der Waals surface area contributed by atoms with Crippen LogP contribution in [0.25, 0.3) is 11.1 Å². The molecule has 2 heterocycles. The smallest absolute Gasteiger partial charge is 0.197 e. The first-order valence-electron chi connectivity index (χ1n) is 9.94. The number of pyridine rings is 2. The molecule has 0 saturated heterocycles. The zero-order chi connectivity index (χ0) is 20.5. The van der Waals surface area contributed by atoms with E-state index in [2.05, 4.69) is 40.8 Å². The highest BCUT2D eigenvalue weighted by molar-refractivity contribution is 5.93. The fourth-order valence-electron chi connectivity index (χ4n) is 3.08. The summed E-state index contributed by atoms with van der Waals surface area (Å²) < 4.78 is 5.77. The van der Waals surface area contributed by atoms with Crippen LogP contribution in [0.15, 0.2) is 79.5 Å². The van der Waals surface area contributed by atoms with Crippen LogP contribution in [0.5, 0.6) is 5.75 Å². The minimum atomic E-state index is -0.0570. The van der Waals surface area contributed by atoms with Gasteiger partial charge in [0.1, 0.15) is 5.75 Å². The van der Waals surface area contributed by atoms with Gasteiger partial charge in [0.05, 0.1) is 5.69 Å². The Bertz CT molecular complexity index is 953. The van der Waals surface area contributed by atoms with Gasteiger partial charge in [0, 0.05) is 30.6 Å². The first-order chi connectivity index (χ1) is 14.1. The van der Waals surface area contributed by atoms with Crippen LogP contribution in [-0.4, -0.2) is 15.8 Å². The van der Waals surface area contributed by atoms with Crippen LogP contribution in [0.1, 0.15) is 36.9 Å². The van der Waals surface area contributed by atoms with Crippen molar-refractivity contribution in [1.29, 1.82) is 0 Å². The molecule has 0 atom stereocenters. The Morgan fingerprint density at radius 3 is 2.52 bits per heavy atom. The van der Waals surface area contributed by atoms with Gasteiger partial charge < -0.3 is 4.74 Å². The van der Waals surface area contributed by atoms with Gasteiger partial charge in [-0.2, -0.15) is 0 Å². The molecule has 0 amide bonds. The minimum absolute atomic E-state index is 0.0570. The largest absolute Gasteiger partial charge is 0.452 e. The number of unbranched alkanes of at least 4 members (excludes halogenated alkanes) is 2. The Morgan fingerprint density at radius 1 is 1.00 bits per heavy atom. The van der Waals surface area contributed by atoms with E-state index in [-0.39, 0.29) is 11.5 Å². The van der Waals surface area contributed by atoms with Gasteiger partial charge >= 0.3 is 0 Å². The van der Waals surface area contributed by atoms with Crippen LogP contribution in [0.4, 0.5) is 0 Å². The van der Waals surface area contributed by atoms with Gasteiger partial charge in [-0.15, -0.1) is 0 Å². The fourth-order valence-corrected chi connectivity index (χ4v) is 3.08. The molecule has 0 bridgehead atoms. The average molecular weight is 386 g/mol. The summed E-state index contributed by atoms with van der Waals surface area (Å²) in [7, 11) is 0. The number of rotatable bonds is 10. The number of aryl methyl sites for hydroxylation is 2. The minimum Gasteiger partial charge on any atom is -0.452 e. The van der Waals surface area contributed by atoms with E-state index in [1.54, 1.807) is 18.6 Å². The Labute approximate surface area is 172 Å². The van der Waals surface area contributed by atoms with Gasteiger partial charge in [0.15, 0.2) is 11.5 Å². The van der Waals surface area contributed by atoms with Gasteiger partial charge in [-0.05, 0) is 55.5 Å². The second kappa shape index (κ2) is 10.3. The zero-order valence-electron chi connectivity index (χ0n) is 16.8. The van der Waals surface area contributed by atoms with E-state index in [1.807, 2.05) is 31.2 Å². The number of Topliss-reactive ketones (excluding diaryl/α,β-unsaturated/α-hetero) is 1. The summed E-state index contributed by atoms with van der Waals surface area (Å²) in [6.07, 6.45) is 9.65. The lowest BCUT2D eigenvalue weighted by atomic mass is 10.0. The average Bonchev–Trinajstić information content (AvgIpc) is 2.76. The van der Waals surface area contributed by atoms with E-state index in [1.165, 1.54) is 5.56 Å². The van der Waals surface area contributed by atoms with E-state index in [0.717, 1.165) is 42.5 Å². The van der Waals surface area contributed by atoms with E-state index < -0.39 is 0 Å². The summed E-state index contributed by atoms with van der Waals surface area (Å²) in [6.45, 7) is 5.68. The predicted octanol–water partition coefficient (Wildman–Crippen LogP) is 5.72. The van der Waals surface area contributed by atoms with E-state index in [4.69, 9.17) is 4.74 Å². The number of allylic oxidation sites excluding steroid dienone is 1. The van der Waals surface area contributed by atoms with Gasteiger partial charge in [-0.1, -0.05) is 43.3 Å². The Morgan fingerprint density at radius 2 is 1.76 bits per heavy atom. The molecule has 1 aromatic carbocycles. The summed E-state index contributed by atoms with van der Waals surface area (Å²) in [5.74, 6) is 0.671. The van der Waals surface area contributed by atoms with Crippen molar-refractivity contribution in [3.63, 3.8) is 0 Å². The first kappa shape index (κ1) is 20.5. The molecule has 0 radical (unpaired) electrons. The monoisotopic (exact) mass is 386 g/mol. The quantitative estimate of drug-likeness (QED) is 0.254. The molecular formula is C25H26N2O2. The summed E-state index contributed by atoms with van der Waals surface area (Å²) in [5.41, 5.74) is 3.96. The lowest BCUT2D eigenvalue weighted by Crippen LogP contribution is -2.08. The molecule has 0 unspecified atom stereocenters. The highest BCUT2D eigenvalue weighted by Crippen LogP contribution is 2.26. The van der Waals surface area contributed by atoms with Crippen molar-refractivity contribution in [3.05, 3.63) is 90.7 Å². The standard InChI is InChI=1S/C25H26N2O2/c1-19-25(17-23(18-27-19)22-13-15-26-16-14-22)29-20(2)24(28)12-8-4-7-11-21-9-5-3-6-10-21/h3,5-6,9-10,13-18H,2,4,7-8,11-12H2,1H3. The first-order valence-corrected chi connectivity index (χ1v) is 9.94. The van der Waals surface area contributed by atoms with E-state index in [0.29, 0.717) is 12.2 Å². The Kier molecular flexibility index (Phi) is 7.28.